The quantitative estimate of drug-likeness (QED) is 0.357. The van der Waals surface area contributed by atoms with E-state index >= 15 is 0 Å². The van der Waals surface area contributed by atoms with Crippen LogP contribution in [0.3, 0.4) is 0 Å². The van der Waals surface area contributed by atoms with Crippen molar-refractivity contribution in [3.8, 4) is 0 Å². The summed E-state index contributed by atoms with van der Waals surface area (Å²) in [6.45, 7) is 0.437. The van der Waals surface area contributed by atoms with Crippen LogP contribution >= 0.6 is 0 Å². The summed E-state index contributed by atoms with van der Waals surface area (Å²) >= 11 is 0. The minimum Gasteiger partial charge on any atom is -0.390 e. The molecule has 4 rings (SSSR count). The van der Waals surface area contributed by atoms with Crippen molar-refractivity contribution in [3.63, 3.8) is 0 Å². The van der Waals surface area contributed by atoms with E-state index in [-0.39, 0.29) is 18.3 Å². The summed E-state index contributed by atoms with van der Waals surface area (Å²) in [5, 5.41) is 18.5. The van der Waals surface area contributed by atoms with Crippen molar-refractivity contribution < 1.29 is 9.72 Å². The Morgan fingerprint density at radius 1 is 1.21 bits per heavy atom. The maximum atomic E-state index is 12.6. The fourth-order valence-corrected chi connectivity index (χ4v) is 2.71. The van der Waals surface area contributed by atoms with Gasteiger partial charge in [0.1, 0.15) is 11.3 Å². The summed E-state index contributed by atoms with van der Waals surface area (Å²) in [6.07, 6.45) is 6.59. The van der Waals surface area contributed by atoms with Crippen LogP contribution in [0.4, 0.5) is 5.95 Å². The van der Waals surface area contributed by atoms with E-state index < -0.39 is 10.9 Å². The van der Waals surface area contributed by atoms with Gasteiger partial charge in [0, 0.05) is 30.7 Å². The molecule has 0 aliphatic heterocycles. The monoisotopic (exact) mass is 381 g/mol. The molecule has 4 aromatic heterocycles. The Morgan fingerprint density at radius 2 is 2.07 bits per heavy atom. The number of pyridine rings is 1. The minimum absolute atomic E-state index is 0.101. The molecule has 0 radical (unpaired) electrons. The third-order valence-corrected chi connectivity index (χ3v) is 4.00. The molecule has 0 bridgehead atoms. The largest absolute Gasteiger partial charge is 0.491 e. The van der Waals surface area contributed by atoms with Crippen LogP contribution in [-0.4, -0.2) is 56.7 Å². The normalized spacial score (nSPS) is 11.0. The van der Waals surface area contributed by atoms with E-state index in [0.717, 1.165) is 11.3 Å². The number of carbonyl (C=O) groups excluding carboxylic acids is 1. The highest BCUT2D eigenvalue weighted by Gasteiger charge is 2.18. The first-order chi connectivity index (χ1) is 13.5. The first kappa shape index (κ1) is 17.3. The fraction of sp³-hybridized carbons (Fsp3) is 0.188. The van der Waals surface area contributed by atoms with Gasteiger partial charge in [0.2, 0.25) is 6.33 Å². The van der Waals surface area contributed by atoms with Gasteiger partial charge in [-0.2, -0.15) is 9.78 Å². The summed E-state index contributed by atoms with van der Waals surface area (Å²) in [5.41, 5.74) is 1.82. The Hall–Kier alpha value is -4.09. The van der Waals surface area contributed by atoms with Gasteiger partial charge in [-0.1, -0.05) is 11.1 Å². The second-order valence-electron chi connectivity index (χ2n) is 6.08. The smallest absolute Gasteiger partial charge is 0.390 e. The second-order valence-corrected chi connectivity index (χ2v) is 6.08. The number of hydrogen-bond donors (Lipinski definition) is 0. The maximum absolute atomic E-state index is 12.6. The third-order valence-electron chi connectivity index (χ3n) is 4.00. The number of aromatic nitrogens is 7. The van der Waals surface area contributed by atoms with Crippen molar-refractivity contribution in [2.24, 2.45) is 0 Å². The topological polar surface area (TPSA) is 129 Å². The predicted octanol–water partition coefficient (Wildman–Crippen LogP) is 0.808. The summed E-state index contributed by atoms with van der Waals surface area (Å²) in [4.78, 5) is 32.1. The van der Waals surface area contributed by atoms with Crippen LogP contribution in [0.15, 0.2) is 49.2 Å². The highest BCUT2D eigenvalue weighted by molar-refractivity contribution is 5.91. The van der Waals surface area contributed by atoms with Crippen molar-refractivity contribution in [2.75, 3.05) is 7.05 Å². The molecule has 12 nitrogen and oxygen atoms in total. The molecule has 0 saturated carbocycles. The lowest BCUT2D eigenvalue weighted by Gasteiger charge is -2.14. The van der Waals surface area contributed by atoms with Crippen molar-refractivity contribution >= 4 is 17.5 Å². The Morgan fingerprint density at radius 3 is 2.82 bits per heavy atom. The first-order valence-electron chi connectivity index (χ1n) is 8.25. The molecule has 0 fully saturated rings. The van der Waals surface area contributed by atoms with Gasteiger partial charge in [-0.05, 0) is 23.1 Å². The number of fused-ring (bicyclic) bond motifs is 1. The van der Waals surface area contributed by atoms with E-state index in [1.54, 1.807) is 19.3 Å². The minimum atomic E-state index is -0.678. The number of amides is 1. The Balaban J connectivity index is 1.43. The van der Waals surface area contributed by atoms with E-state index in [1.807, 2.05) is 35.0 Å². The lowest BCUT2D eigenvalue weighted by molar-refractivity contribution is -0.394. The molecule has 0 atom stereocenters. The number of imidazole rings is 1. The molecule has 4 heterocycles. The highest BCUT2D eigenvalue weighted by atomic mass is 16.6. The van der Waals surface area contributed by atoms with Gasteiger partial charge in [0.25, 0.3) is 5.91 Å². The molecule has 142 valence electrons. The van der Waals surface area contributed by atoms with Crippen LogP contribution in [0, 0.1) is 10.1 Å². The van der Waals surface area contributed by atoms with Crippen LogP contribution in [-0.2, 0) is 13.2 Å². The van der Waals surface area contributed by atoms with E-state index in [4.69, 9.17) is 0 Å². The summed E-state index contributed by atoms with van der Waals surface area (Å²) in [5.74, 6) is -0.754. The van der Waals surface area contributed by atoms with Gasteiger partial charge >= 0.3 is 5.95 Å². The third kappa shape index (κ3) is 3.42. The van der Waals surface area contributed by atoms with Gasteiger partial charge in [0.05, 0.1) is 12.2 Å². The SMILES string of the molecule is CN(Cc1cn2ccccc2n1)C(=O)c1ccn(Cn2cnc([N+](=O)[O-])n2)n1. The Kier molecular flexibility index (Phi) is 4.27. The molecule has 0 saturated heterocycles. The highest BCUT2D eigenvalue weighted by Crippen LogP contribution is 2.09. The average molecular weight is 381 g/mol. The Bertz CT molecular complexity index is 1130. The predicted molar refractivity (Wildman–Crippen MR) is 95.3 cm³/mol. The lowest BCUT2D eigenvalue weighted by Crippen LogP contribution is -2.27. The van der Waals surface area contributed by atoms with Crippen molar-refractivity contribution in [1.29, 1.82) is 0 Å². The fourth-order valence-electron chi connectivity index (χ4n) is 2.71. The summed E-state index contributed by atoms with van der Waals surface area (Å²) in [6, 6.07) is 7.27. The molecule has 0 aliphatic carbocycles. The van der Waals surface area contributed by atoms with Gasteiger partial charge < -0.3 is 19.4 Å². The van der Waals surface area contributed by atoms with Crippen molar-refractivity contribution in [3.05, 3.63) is 70.7 Å². The van der Waals surface area contributed by atoms with E-state index in [1.165, 1.54) is 20.6 Å². The van der Waals surface area contributed by atoms with E-state index in [2.05, 4.69) is 20.2 Å². The van der Waals surface area contributed by atoms with Gasteiger partial charge in [-0.3, -0.25) is 4.79 Å². The molecule has 0 spiro atoms. The van der Waals surface area contributed by atoms with Gasteiger partial charge in [-0.15, -0.1) is 0 Å². The average Bonchev–Trinajstić information content (AvgIpc) is 3.40. The summed E-state index contributed by atoms with van der Waals surface area (Å²) in [7, 11) is 1.67. The molecular weight excluding hydrogens is 366 g/mol. The van der Waals surface area contributed by atoms with Crippen LogP contribution in [0.5, 0.6) is 0 Å². The van der Waals surface area contributed by atoms with Crippen LogP contribution in [0.2, 0.25) is 0 Å². The van der Waals surface area contributed by atoms with E-state index in [0.29, 0.717) is 6.54 Å². The number of rotatable bonds is 6. The molecule has 0 aliphatic rings. The Labute approximate surface area is 157 Å². The first-order valence-corrected chi connectivity index (χ1v) is 8.25. The second kappa shape index (κ2) is 6.90. The van der Waals surface area contributed by atoms with Gasteiger partial charge in [0.15, 0.2) is 6.67 Å². The molecule has 0 N–H and O–H groups in total. The molecule has 12 heteroatoms. The standard InChI is InChI=1S/C16H15N9O3/c1-21(8-12-9-22-6-3-2-4-14(22)18-12)15(26)13-5-7-23(19-13)11-24-10-17-16(20-24)25(27)28/h2-7,9-10H,8,11H2,1H3. The number of carbonyl (C=O) groups is 1. The zero-order valence-corrected chi connectivity index (χ0v) is 14.8. The molecule has 28 heavy (non-hydrogen) atoms. The number of nitro groups is 1. The van der Waals surface area contributed by atoms with Crippen LogP contribution < -0.4 is 0 Å². The molecule has 0 unspecified atom stereocenters. The number of hydrogen-bond acceptors (Lipinski definition) is 7. The van der Waals surface area contributed by atoms with Crippen LogP contribution in [0.1, 0.15) is 16.2 Å². The molecule has 1 amide bonds. The maximum Gasteiger partial charge on any atom is 0.491 e. The van der Waals surface area contributed by atoms with Crippen molar-refractivity contribution in [1.82, 2.24) is 38.8 Å². The van der Waals surface area contributed by atoms with Gasteiger partial charge in [-0.25, -0.2) is 9.67 Å². The zero-order valence-electron chi connectivity index (χ0n) is 14.8. The summed E-state index contributed by atoms with van der Waals surface area (Å²) < 4.78 is 4.60. The molecule has 4 aromatic rings. The van der Waals surface area contributed by atoms with E-state index in [9.17, 15) is 14.9 Å². The molecular formula is C16H15N9O3. The molecule has 0 aromatic carbocycles. The zero-order chi connectivity index (χ0) is 19.7. The number of nitrogens with zero attached hydrogens (tertiary/aromatic N) is 9. The van der Waals surface area contributed by atoms with Crippen LogP contribution in [0.25, 0.3) is 5.65 Å². The van der Waals surface area contributed by atoms with Crippen molar-refractivity contribution in [2.45, 2.75) is 13.2 Å². The lowest BCUT2D eigenvalue weighted by atomic mass is 10.3.